The molecule has 1 saturated heterocycles. The van der Waals surface area contributed by atoms with Gasteiger partial charge in [-0.3, -0.25) is 4.90 Å². The summed E-state index contributed by atoms with van der Waals surface area (Å²) in [7, 11) is 1.84. The maximum Gasteiger partial charge on any atom is 0.336 e. The zero-order valence-electron chi connectivity index (χ0n) is 9.77. The third-order valence-corrected chi connectivity index (χ3v) is 2.65. The van der Waals surface area contributed by atoms with E-state index in [0.29, 0.717) is 19.7 Å². The summed E-state index contributed by atoms with van der Waals surface area (Å²) >= 11 is 0. The van der Waals surface area contributed by atoms with Crippen molar-refractivity contribution >= 4 is 5.97 Å². The average Bonchev–Trinajstić information content (AvgIpc) is 2.17. The SMILES string of the molecule is CNCC1CN(CC(C)(O)C(=O)O)CCO1. The van der Waals surface area contributed by atoms with Crippen molar-refractivity contribution in [3.05, 3.63) is 0 Å². The van der Waals surface area contributed by atoms with Crippen molar-refractivity contribution in [3.63, 3.8) is 0 Å². The quantitative estimate of drug-likeness (QED) is 0.549. The van der Waals surface area contributed by atoms with Crippen molar-refractivity contribution in [1.29, 1.82) is 0 Å². The van der Waals surface area contributed by atoms with Crippen LogP contribution >= 0.6 is 0 Å². The number of nitrogens with zero attached hydrogens (tertiary/aromatic N) is 1. The Hall–Kier alpha value is -0.690. The van der Waals surface area contributed by atoms with E-state index in [9.17, 15) is 9.90 Å². The molecule has 0 saturated carbocycles. The van der Waals surface area contributed by atoms with Crippen LogP contribution in [0.5, 0.6) is 0 Å². The molecule has 0 aromatic heterocycles. The van der Waals surface area contributed by atoms with Crippen molar-refractivity contribution in [3.8, 4) is 0 Å². The van der Waals surface area contributed by atoms with Gasteiger partial charge in [0.15, 0.2) is 5.60 Å². The lowest BCUT2D eigenvalue weighted by atomic mass is 10.1. The Balaban J connectivity index is 2.45. The number of ether oxygens (including phenoxy) is 1. The number of carboxylic acids is 1. The summed E-state index contributed by atoms with van der Waals surface area (Å²) in [4.78, 5) is 12.7. The molecule has 0 amide bonds. The lowest BCUT2D eigenvalue weighted by molar-refractivity contribution is -0.160. The largest absolute Gasteiger partial charge is 0.479 e. The molecular weight excluding hydrogens is 212 g/mol. The number of aliphatic carboxylic acids is 1. The van der Waals surface area contributed by atoms with Gasteiger partial charge in [0.25, 0.3) is 0 Å². The van der Waals surface area contributed by atoms with Crippen molar-refractivity contribution in [2.24, 2.45) is 0 Å². The van der Waals surface area contributed by atoms with E-state index in [1.165, 1.54) is 6.92 Å². The Labute approximate surface area is 95.2 Å². The third-order valence-electron chi connectivity index (χ3n) is 2.65. The van der Waals surface area contributed by atoms with Gasteiger partial charge in [-0.1, -0.05) is 0 Å². The Morgan fingerprint density at radius 3 is 2.94 bits per heavy atom. The molecule has 94 valence electrons. The molecule has 1 heterocycles. The van der Waals surface area contributed by atoms with Gasteiger partial charge in [-0.25, -0.2) is 4.79 Å². The highest BCUT2D eigenvalue weighted by Crippen LogP contribution is 2.11. The van der Waals surface area contributed by atoms with E-state index in [0.717, 1.165) is 6.54 Å². The van der Waals surface area contributed by atoms with Crippen LogP contribution < -0.4 is 5.32 Å². The van der Waals surface area contributed by atoms with Gasteiger partial charge in [-0.2, -0.15) is 0 Å². The summed E-state index contributed by atoms with van der Waals surface area (Å²) in [6, 6.07) is 0. The predicted molar refractivity (Wildman–Crippen MR) is 58.4 cm³/mol. The standard InChI is InChI=1S/C10H20N2O4/c1-10(15,9(13)14)7-12-3-4-16-8(6-12)5-11-2/h8,11,15H,3-7H2,1-2H3,(H,13,14). The topological polar surface area (TPSA) is 82.0 Å². The fourth-order valence-electron chi connectivity index (χ4n) is 1.78. The zero-order valence-corrected chi connectivity index (χ0v) is 9.77. The van der Waals surface area contributed by atoms with E-state index in [-0.39, 0.29) is 12.6 Å². The van der Waals surface area contributed by atoms with Crippen LogP contribution in [0.25, 0.3) is 0 Å². The molecule has 0 aliphatic carbocycles. The highest BCUT2D eigenvalue weighted by molar-refractivity contribution is 5.76. The van der Waals surface area contributed by atoms with E-state index < -0.39 is 11.6 Å². The molecule has 0 aromatic rings. The fraction of sp³-hybridized carbons (Fsp3) is 0.900. The second kappa shape index (κ2) is 5.58. The minimum Gasteiger partial charge on any atom is -0.479 e. The minimum atomic E-state index is -1.69. The van der Waals surface area contributed by atoms with E-state index in [1.54, 1.807) is 0 Å². The molecule has 3 N–H and O–H groups in total. The monoisotopic (exact) mass is 232 g/mol. The number of β-amino-alcohol motifs (C(OH)–C–C–N with tert-alkyl or cyclic N) is 1. The van der Waals surface area contributed by atoms with E-state index in [2.05, 4.69) is 5.32 Å². The van der Waals surface area contributed by atoms with Gasteiger partial charge >= 0.3 is 5.97 Å². The van der Waals surface area contributed by atoms with Gasteiger partial charge < -0.3 is 20.3 Å². The van der Waals surface area contributed by atoms with Gasteiger partial charge in [0, 0.05) is 26.2 Å². The first-order valence-corrected chi connectivity index (χ1v) is 5.40. The maximum atomic E-state index is 10.8. The van der Waals surface area contributed by atoms with Crippen LogP contribution in [0.1, 0.15) is 6.92 Å². The van der Waals surface area contributed by atoms with Crippen molar-refractivity contribution in [2.45, 2.75) is 18.6 Å². The number of carbonyl (C=O) groups is 1. The Morgan fingerprint density at radius 2 is 2.38 bits per heavy atom. The molecule has 2 atom stereocenters. The van der Waals surface area contributed by atoms with Crippen molar-refractivity contribution in [2.75, 3.05) is 39.8 Å². The number of hydrogen-bond donors (Lipinski definition) is 3. The molecule has 16 heavy (non-hydrogen) atoms. The van der Waals surface area contributed by atoms with Crippen LogP contribution in [0.2, 0.25) is 0 Å². The third kappa shape index (κ3) is 3.71. The Kier molecular flexibility index (Phi) is 4.67. The lowest BCUT2D eigenvalue weighted by Crippen LogP contribution is -2.53. The second-order valence-electron chi connectivity index (χ2n) is 4.36. The van der Waals surface area contributed by atoms with Gasteiger partial charge in [0.2, 0.25) is 0 Å². The summed E-state index contributed by atoms with van der Waals surface area (Å²) in [6.07, 6.45) is 0.0587. The molecule has 0 spiro atoms. The predicted octanol–water partition coefficient (Wildman–Crippen LogP) is -1.26. The highest BCUT2D eigenvalue weighted by Gasteiger charge is 2.34. The molecule has 1 aliphatic heterocycles. The van der Waals surface area contributed by atoms with Crippen LogP contribution in [0.15, 0.2) is 0 Å². The van der Waals surface area contributed by atoms with Gasteiger partial charge in [0.1, 0.15) is 0 Å². The number of hydrogen-bond acceptors (Lipinski definition) is 5. The molecule has 6 heteroatoms. The average molecular weight is 232 g/mol. The number of carboxylic acid groups (broad SMARTS) is 1. The maximum absolute atomic E-state index is 10.8. The van der Waals surface area contributed by atoms with Crippen molar-refractivity contribution < 1.29 is 19.7 Å². The number of aliphatic hydroxyl groups is 1. The molecule has 0 aromatic carbocycles. The number of morpholine rings is 1. The molecule has 1 rings (SSSR count). The Bertz CT molecular complexity index is 243. The summed E-state index contributed by atoms with van der Waals surface area (Å²) in [5.74, 6) is -1.19. The first-order valence-electron chi connectivity index (χ1n) is 5.40. The second-order valence-corrected chi connectivity index (χ2v) is 4.36. The summed E-state index contributed by atoms with van der Waals surface area (Å²) < 4.78 is 5.49. The van der Waals surface area contributed by atoms with Crippen LogP contribution in [-0.2, 0) is 9.53 Å². The normalized spacial score (nSPS) is 26.3. The zero-order chi connectivity index (χ0) is 12.2. The van der Waals surface area contributed by atoms with E-state index >= 15 is 0 Å². The molecule has 1 fully saturated rings. The first kappa shape index (κ1) is 13.4. The molecule has 1 aliphatic rings. The number of likely N-dealkylation sites (N-methyl/N-ethyl adjacent to an activating group) is 1. The summed E-state index contributed by atoms with van der Waals surface area (Å²) in [6.45, 7) is 4.05. The summed E-state index contributed by atoms with van der Waals surface area (Å²) in [5, 5.41) is 21.5. The molecule has 6 nitrogen and oxygen atoms in total. The molecule has 0 bridgehead atoms. The Morgan fingerprint density at radius 1 is 1.69 bits per heavy atom. The molecular formula is C10H20N2O4. The molecule has 0 radical (unpaired) electrons. The number of rotatable bonds is 5. The fourth-order valence-corrected chi connectivity index (χ4v) is 1.78. The smallest absolute Gasteiger partial charge is 0.336 e. The molecule has 2 unspecified atom stereocenters. The minimum absolute atomic E-state index is 0.0587. The van der Waals surface area contributed by atoms with Crippen LogP contribution in [0, 0.1) is 0 Å². The van der Waals surface area contributed by atoms with Gasteiger partial charge in [-0.15, -0.1) is 0 Å². The van der Waals surface area contributed by atoms with Crippen LogP contribution in [0.4, 0.5) is 0 Å². The van der Waals surface area contributed by atoms with Gasteiger partial charge in [0.05, 0.1) is 12.7 Å². The number of nitrogens with one attached hydrogen (secondary N) is 1. The van der Waals surface area contributed by atoms with Gasteiger partial charge in [-0.05, 0) is 14.0 Å². The van der Waals surface area contributed by atoms with Crippen molar-refractivity contribution in [1.82, 2.24) is 10.2 Å². The first-order chi connectivity index (χ1) is 7.45. The van der Waals surface area contributed by atoms with E-state index in [1.807, 2.05) is 11.9 Å². The van der Waals surface area contributed by atoms with Crippen LogP contribution in [0.3, 0.4) is 0 Å². The van der Waals surface area contributed by atoms with Crippen LogP contribution in [-0.4, -0.2) is 72.6 Å². The summed E-state index contributed by atoms with van der Waals surface area (Å²) in [5.41, 5.74) is -1.69. The lowest BCUT2D eigenvalue weighted by Gasteiger charge is -2.35. The highest BCUT2D eigenvalue weighted by atomic mass is 16.5. The van der Waals surface area contributed by atoms with E-state index in [4.69, 9.17) is 9.84 Å².